The average molecular weight is 304 g/mol. The Morgan fingerprint density at radius 2 is 1.56 bits per heavy atom. The average Bonchev–Trinajstić information content (AvgIpc) is 2.26. The molecule has 6 heteroatoms. The van der Waals surface area contributed by atoms with Crippen molar-refractivity contribution in [2.24, 2.45) is 0 Å². The Kier molecular flexibility index (Phi) is 5.65. The van der Waals surface area contributed by atoms with Crippen LogP contribution in [0.2, 0.25) is 20.1 Å². The molecule has 1 aromatic carbocycles. The molecule has 0 saturated carbocycles. The zero-order valence-corrected chi connectivity index (χ0v) is 11.2. The first-order chi connectivity index (χ1) is 7.47. The van der Waals surface area contributed by atoms with Gasteiger partial charge < -0.3 is 10.2 Å². The molecule has 2 N–H and O–H groups in total. The maximum Gasteiger partial charge on any atom is 0.0774 e. The van der Waals surface area contributed by atoms with Gasteiger partial charge in [0.05, 0.1) is 32.8 Å². The quantitative estimate of drug-likeness (QED) is 0.835. The van der Waals surface area contributed by atoms with Gasteiger partial charge in [0.2, 0.25) is 0 Å². The third kappa shape index (κ3) is 3.39. The maximum absolute atomic E-state index is 9.24. The minimum atomic E-state index is -0.801. The van der Waals surface area contributed by atoms with Gasteiger partial charge in [0.1, 0.15) is 0 Å². The fourth-order valence-corrected chi connectivity index (χ4v) is 2.28. The molecule has 0 radical (unpaired) electrons. The van der Waals surface area contributed by atoms with Crippen molar-refractivity contribution in [1.82, 2.24) is 0 Å². The molecular weight excluding hydrogens is 294 g/mol. The Morgan fingerprint density at radius 1 is 1.06 bits per heavy atom. The van der Waals surface area contributed by atoms with E-state index in [1.165, 1.54) is 6.07 Å². The van der Waals surface area contributed by atoms with E-state index in [9.17, 15) is 5.11 Å². The Hall–Kier alpha value is 0.300. The van der Waals surface area contributed by atoms with Gasteiger partial charge in [0.25, 0.3) is 0 Å². The van der Waals surface area contributed by atoms with Crippen molar-refractivity contribution in [3.63, 3.8) is 0 Å². The van der Waals surface area contributed by atoms with Crippen LogP contribution in [0, 0.1) is 0 Å². The van der Waals surface area contributed by atoms with Crippen molar-refractivity contribution in [3.8, 4) is 0 Å². The van der Waals surface area contributed by atoms with Crippen LogP contribution in [-0.4, -0.2) is 22.9 Å². The van der Waals surface area contributed by atoms with Crippen molar-refractivity contribution in [2.45, 2.75) is 18.9 Å². The molecule has 0 aromatic heterocycles. The van der Waals surface area contributed by atoms with E-state index in [1.807, 2.05) is 0 Å². The molecule has 0 bridgehead atoms. The molecule has 1 rings (SSSR count). The number of hydrogen-bond acceptors (Lipinski definition) is 2. The van der Waals surface area contributed by atoms with E-state index in [2.05, 4.69) is 0 Å². The summed E-state index contributed by atoms with van der Waals surface area (Å²) in [6.07, 6.45) is -0.0587. The molecule has 0 spiro atoms. The number of halogens is 4. The SMILES string of the molecule is OCC(O)CCc1c(Cl)c(Cl)cc(Cl)c1Cl. The second-order valence-electron chi connectivity index (χ2n) is 3.32. The molecule has 1 atom stereocenters. The predicted octanol–water partition coefficient (Wildman–Crippen LogP) is 3.59. The normalized spacial score (nSPS) is 12.9. The van der Waals surface area contributed by atoms with E-state index in [4.69, 9.17) is 51.5 Å². The van der Waals surface area contributed by atoms with Crippen molar-refractivity contribution in [1.29, 1.82) is 0 Å². The first-order valence-corrected chi connectivity index (χ1v) is 6.09. The van der Waals surface area contributed by atoms with Crippen LogP contribution in [0.25, 0.3) is 0 Å². The van der Waals surface area contributed by atoms with E-state index in [0.29, 0.717) is 38.5 Å². The number of aliphatic hydroxyl groups is 2. The lowest BCUT2D eigenvalue weighted by Crippen LogP contribution is -2.13. The monoisotopic (exact) mass is 302 g/mol. The minimum Gasteiger partial charge on any atom is -0.394 e. The third-order valence-electron chi connectivity index (χ3n) is 2.14. The van der Waals surface area contributed by atoms with Crippen LogP contribution in [0.3, 0.4) is 0 Å². The molecule has 0 aliphatic heterocycles. The Bertz CT molecular complexity index is 355. The van der Waals surface area contributed by atoms with Gasteiger partial charge in [-0.25, -0.2) is 0 Å². The summed E-state index contributed by atoms with van der Waals surface area (Å²) in [6, 6.07) is 1.47. The fraction of sp³-hybridized carbons (Fsp3) is 0.400. The largest absolute Gasteiger partial charge is 0.394 e. The smallest absolute Gasteiger partial charge is 0.0774 e. The summed E-state index contributed by atoms with van der Waals surface area (Å²) in [6.45, 7) is -0.302. The Balaban J connectivity index is 2.94. The van der Waals surface area contributed by atoms with Crippen molar-refractivity contribution >= 4 is 46.4 Å². The van der Waals surface area contributed by atoms with Gasteiger partial charge in [-0.3, -0.25) is 0 Å². The lowest BCUT2D eigenvalue weighted by atomic mass is 10.1. The topological polar surface area (TPSA) is 40.5 Å². The van der Waals surface area contributed by atoms with Crippen molar-refractivity contribution in [3.05, 3.63) is 31.7 Å². The molecule has 0 fully saturated rings. The molecule has 0 aliphatic rings. The van der Waals surface area contributed by atoms with Crippen LogP contribution in [0.1, 0.15) is 12.0 Å². The number of rotatable bonds is 4. The molecule has 0 amide bonds. The summed E-state index contributed by atoms with van der Waals surface area (Å²) in [5.41, 5.74) is 0.591. The van der Waals surface area contributed by atoms with Crippen LogP contribution in [0.15, 0.2) is 6.07 Å². The highest BCUT2D eigenvalue weighted by atomic mass is 35.5. The molecule has 0 saturated heterocycles. The summed E-state index contributed by atoms with van der Waals surface area (Å²) >= 11 is 23.7. The molecule has 0 heterocycles. The Labute approximate surface area is 114 Å². The molecule has 16 heavy (non-hydrogen) atoms. The standard InChI is InChI=1S/C10H10Cl4O2/c11-7-3-8(12)10(14)6(9(7)13)2-1-5(16)4-15/h3,5,15-16H,1-2,4H2. The van der Waals surface area contributed by atoms with E-state index in [1.54, 1.807) is 0 Å². The molecule has 1 unspecified atom stereocenters. The first kappa shape index (κ1) is 14.4. The van der Waals surface area contributed by atoms with Crippen molar-refractivity contribution < 1.29 is 10.2 Å². The van der Waals surface area contributed by atoms with Crippen LogP contribution in [0.4, 0.5) is 0 Å². The second kappa shape index (κ2) is 6.29. The number of benzene rings is 1. The zero-order chi connectivity index (χ0) is 12.3. The van der Waals surface area contributed by atoms with Crippen LogP contribution in [0.5, 0.6) is 0 Å². The van der Waals surface area contributed by atoms with Crippen LogP contribution in [-0.2, 0) is 6.42 Å². The summed E-state index contributed by atoms with van der Waals surface area (Å²) in [7, 11) is 0. The molecule has 0 aliphatic carbocycles. The van der Waals surface area contributed by atoms with E-state index in [-0.39, 0.29) is 6.61 Å². The van der Waals surface area contributed by atoms with Gasteiger partial charge in [-0.1, -0.05) is 46.4 Å². The first-order valence-electron chi connectivity index (χ1n) is 4.58. The van der Waals surface area contributed by atoms with Gasteiger partial charge in [-0.2, -0.15) is 0 Å². The van der Waals surface area contributed by atoms with Crippen LogP contribution < -0.4 is 0 Å². The van der Waals surface area contributed by atoms with E-state index in [0.717, 1.165) is 0 Å². The summed E-state index contributed by atoms with van der Waals surface area (Å²) in [5, 5.41) is 19.2. The Morgan fingerprint density at radius 3 is 2.00 bits per heavy atom. The fourth-order valence-electron chi connectivity index (χ4n) is 1.24. The number of aliphatic hydroxyl groups excluding tert-OH is 2. The summed E-state index contributed by atoms with van der Waals surface area (Å²) in [4.78, 5) is 0. The highest BCUT2D eigenvalue weighted by Crippen LogP contribution is 2.37. The number of hydrogen-bond donors (Lipinski definition) is 2. The lowest BCUT2D eigenvalue weighted by Gasteiger charge is -2.12. The maximum atomic E-state index is 9.24. The van der Waals surface area contributed by atoms with E-state index >= 15 is 0 Å². The van der Waals surface area contributed by atoms with Gasteiger partial charge in [0.15, 0.2) is 0 Å². The van der Waals surface area contributed by atoms with Gasteiger partial charge >= 0.3 is 0 Å². The third-order valence-corrected chi connectivity index (χ3v) is 3.79. The van der Waals surface area contributed by atoms with Crippen molar-refractivity contribution in [2.75, 3.05) is 6.61 Å². The lowest BCUT2D eigenvalue weighted by molar-refractivity contribution is 0.0886. The minimum absolute atomic E-state index is 0.302. The predicted molar refractivity (Wildman–Crippen MR) is 67.9 cm³/mol. The molecule has 2 nitrogen and oxygen atoms in total. The summed E-state index contributed by atoms with van der Waals surface area (Å²) < 4.78 is 0. The highest BCUT2D eigenvalue weighted by Gasteiger charge is 2.15. The molecule has 90 valence electrons. The van der Waals surface area contributed by atoms with Crippen LogP contribution >= 0.6 is 46.4 Å². The molecule has 1 aromatic rings. The summed E-state index contributed by atoms with van der Waals surface area (Å²) in [5.74, 6) is 0. The second-order valence-corrected chi connectivity index (χ2v) is 4.89. The molecular formula is C10H10Cl4O2. The van der Waals surface area contributed by atoms with Gasteiger partial charge in [0, 0.05) is 0 Å². The van der Waals surface area contributed by atoms with Gasteiger partial charge in [-0.15, -0.1) is 0 Å². The van der Waals surface area contributed by atoms with E-state index < -0.39 is 6.10 Å². The highest BCUT2D eigenvalue weighted by molar-refractivity contribution is 6.48. The van der Waals surface area contributed by atoms with Gasteiger partial charge in [-0.05, 0) is 24.5 Å². The zero-order valence-electron chi connectivity index (χ0n) is 8.18.